The van der Waals surface area contributed by atoms with Gasteiger partial charge < -0.3 is 4.90 Å². The normalized spacial score (nSPS) is 16.0. The van der Waals surface area contributed by atoms with Gasteiger partial charge in [0.2, 0.25) is 5.91 Å². The number of thioether (sulfide) groups is 1. The lowest BCUT2D eigenvalue weighted by atomic mass is 10.3. The van der Waals surface area contributed by atoms with E-state index in [-0.39, 0.29) is 11.2 Å². The molecule has 1 amide bonds. The van der Waals surface area contributed by atoms with E-state index in [1.165, 1.54) is 23.1 Å². The topological polar surface area (TPSA) is 38.1 Å². The Bertz CT molecular complexity index is 704. The fraction of sp³-hybridized carbons (Fsp3) is 0.400. The minimum atomic E-state index is -0.122. The van der Waals surface area contributed by atoms with Crippen molar-refractivity contribution in [1.29, 1.82) is 0 Å². The Morgan fingerprint density at radius 2 is 2.00 bits per heavy atom. The van der Waals surface area contributed by atoms with E-state index in [0.717, 1.165) is 36.0 Å². The van der Waals surface area contributed by atoms with E-state index < -0.39 is 0 Å². The second-order valence-corrected chi connectivity index (χ2v) is 8.38. The summed E-state index contributed by atoms with van der Waals surface area (Å²) in [6.45, 7) is 3.72. The Morgan fingerprint density at radius 1 is 1.32 bits per heavy atom. The van der Waals surface area contributed by atoms with Crippen LogP contribution < -0.4 is 0 Å². The van der Waals surface area contributed by atoms with Gasteiger partial charge >= 0.3 is 0 Å². The number of hydrogen-bond acceptors (Lipinski definition) is 5. The van der Waals surface area contributed by atoms with Crippen LogP contribution >= 0.6 is 35.3 Å². The van der Waals surface area contributed by atoms with Crippen molar-refractivity contribution in [1.82, 2.24) is 14.7 Å². The molecule has 0 saturated carbocycles. The van der Waals surface area contributed by atoms with Gasteiger partial charge in [0.25, 0.3) is 0 Å². The van der Waals surface area contributed by atoms with E-state index >= 15 is 0 Å². The highest BCUT2D eigenvalue weighted by atomic mass is 32.2. The number of likely N-dealkylation sites (tertiary alicyclic amines) is 1. The molecule has 0 bridgehead atoms. The van der Waals surface area contributed by atoms with Gasteiger partial charge in [-0.05, 0) is 44.1 Å². The van der Waals surface area contributed by atoms with Gasteiger partial charge in [0.15, 0.2) is 8.29 Å². The lowest BCUT2D eigenvalue weighted by Crippen LogP contribution is -2.33. The van der Waals surface area contributed by atoms with Crippen LogP contribution in [0, 0.1) is 3.95 Å². The summed E-state index contributed by atoms with van der Waals surface area (Å²) in [4.78, 5) is 14.3. The Morgan fingerprint density at radius 3 is 2.68 bits per heavy atom. The summed E-state index contributed by atoms with van der Waals surface area (Å²) in [5, 5.41) is 4.43. The molecule has 0 N–H and O–H groups in total. The summed E-state index contributed by atoms with van der Waals surface area (Å²) in [5.74, 6) is 0.204. The second-order valence-electron chi connectivity index (χ2n) is 5.17. The van der Waals surface area contributed by atoms with Crippen molar-refractivity contribution < 1.29 is 4.79 Å². The molecule has 0 radical (unpaired) electrons. The largest absolute Gasteiger partial charge is 0.342 e. The monoisotopic (exact) mass is 351 g/mol. The first-order valence-electron chi connectivity index (χ1n) is 7.26. The number of aromatic nitrogens is 2. The number of carbonyl (C=O) groups is 1. The quantitative estimate of drug-likeness (QED) is 0.621. The SMILES string of the molecule is C[C@@H](Sc1nn(-c2ccccc2)c(=S)s1)C(=O)N1CCCC1. The zero-order valence-electron chi connectivity index (χ0n) is 12.3. The standard InChI is InChI=1S/C15H17N3OS3/c1-11(13(19)17-9-5-6-10-17)21-14-16-18(15(20)22-14)12-7-3-2-4-8-12/h2-4,7-8,11H,5-6,9-10H2,1H3/t11-/m1/s1. The number of rotatable bonds is 4. The summed E-state index contributed by atoms with van der Waals surface area (Å²) in [6.07, 6.45) is 2.23. The van der Waals surface area contributed by atoms with Crippen molar-refractivity contribution in [3.8, 4) is 5.69 Å². The fourth-order valence-corrected chi connectivity index (χ4v) is 5.03. The molecule has 1 aromatic heterocycles. The van der Waals surface area contributed by atoms with Crippen LogP contribution in [0.1, 0.15) is 19.8 Å². The van der Waals surface area contributed by atoms with Gasteiger partial charge in [0, 0.05) is 13.1 Å². The number of para-hydroxylation sites is 1. The smallest absolute Gasteiger partial charge is 0.235 e. The first kappa shape index (κ1) is 15.7. The van der Waals surface area contributed by atoms with E-state index in [1.807, 2.05) is 42.2 Å². The molecule has 0 unspecified atom stereocenters. The van der Waals surface area contributed by atoms with Crippen LogP contribution in [0.2, 0.25) is 0 Å². The van der Waals surface area contributed by atoms with Crippen molar-refractivity contribution in [2.45, 2.75) is 29.4 Å². The molecule has 1 saturated heterocycles. The van der Waals surface area contributed by atoms with Crippen LogP contribution in [0.3, 0.4) is 0 Å². The number of amides is 1. The van der Waals surface area contributed by atoms with Gasteiger partial charge in [-0.15, -0.1) is 5.10 Å². The van der Waals surface area contributed by atoms with Crippen LogP contribution in [0.5, 0.6) is 0 Å². The Kier molecular flexibility index (Phi) is 4.95. The molecule has 3 rings (SSSR count). The summed E-state index contributed by atoms with van der Waals surface area (Å²) in [6, 6.07) is 9.84. The van der Waals surface area contributed by atoms with Crippen LogP contribution in [-0.2, 0) is 4.79 Å². The van der Waals surface area contributed by atoms with Gasteiger partial charge in [-0.1, -0.05) is 41.3 Å². The summed E-state index contributed by atoms with van der Waals surface area (Å²) >= 11 is 8.34. The van der Waals surface area contributed by atoms with Crippen LogP contribution in [0.4, 0.5) is 0 Å². The van der Waals surface area contributed by atoms with Crippen molar-refractivity contribution in [3.05, 3.63) is 34.3 Å². The van der Waals surface area contributed by atoms with Crippen LogP contribution in [0.15, 0.2) is 34.7 Å². The van der Waals surface area contributed by atoms with Crippen LogP contribution in [0.25, 0.3) is 5.69 Å². The average molecular weight is 352 g/mol. The minimum Gasteiger partial charge on any atom is -0.342 e. The van der Waals surface area contributed by atoms with E-state index in [4.69, 9.17) is 12.2 Å². The molecule has 1 aliphatic rings. The number of carbonyl (C=O) groups excluding carboxylic acids is 1. The van der Waals surface area contributed by atoms with E-state index in [0.29, 0.717) is 3.95 Å². The minimum absolute atomic E-state index is 0.122. The maximum Gasteiger partial charge on any atom is 0.235 e. The molecule has 0 spiro atoms. The fourth-order valence-electron chi connectivity index (χ4n) is 2.44. The third kappa shape index (κ3) is 3.42. The molecule has 1 atom stereocenters. The first-order chi connectivity index (χ1) is 10.6. The Hall–Kier alpha value is -1.18. The van der Waals surface area contributed by atoms with Crippen molar-refractivity contribution in [2.75, 3.05) is 13.1 Å². The molecule has 1 aromatic carbocycles. The van der Waals surface area contributed by atoms with Gasteiger partial charge in [-0.25, -0.2) is 4.68 Å². The highest BCUT2D eigenvalue weighted by Crippen LogP contribution is 2.29. The summed E-state index contributed by atoms with van der Waals surface area (Å²) in [5.41, 5.74) is 0.953. The Balaban J connectivity index is 1.73. The molecule has 4 nitrogen and oxygen atoms in total. The number of hydrogen-bond donors (Lipinski definition) is 0. The average Bonchev–Trinajstić information content (AvgIpc) is 3.17. The van der Waals surface area contributed by atoms with Crippen LogP contribution in [-0.4, -0.2) is 38.9 Å². The predicted molar refractivity (Wildman–Crippen MR) is 93.4 cm³/mol. The maximum atomic E-state index is 12.4. The molecule has 2 heterocycles. The van der Waals surface area contributed by atoms with Gasteiger partial charge in [0.05, 0.1) is 10.9 Å². The molecule has 2 aromatic rings. The molecular weight excluding hydrogens is 334 g/mol. The van der Waals surface area contributed by atoms with E-state index in [9.17, 15) is 4.79 Å². The van der Waals surface area contributed by atoms with E-state index in [2.05, 4.69) is 5.10 Å². The third-order valence-corrected chi connectivity index (χ3v) is 5.98. The van der Waals surface area contributed by atoms with E-state index in [1.54, 1.807) is 4.68 Å². The molecule has 116 valence electrons. The van der Waals surface area contributed by atoms with Gasteiger partial charge in [0.1, 0.15) is 0 Å². The zero-order valence-corrected chi connectivity index (χ0v) is 14.7. The molecule has 7 heteroatoms. The molecular formula is C15H17N3OS3. The zero-order chi connectivity index (χ0) is 15.5. The number of nitrogens with zero attached hydrogens (tertiary/aromatic N) is 3. The van der Waals surface area contributed by atoms with Crippen molar-refractivity contribution in [2.24, 2.45) is 0 Å². The first-order valence-corrected chi connectivity index (χ1v) is 9.36. The summed E-state index contributed by atoms with van der Waals surface area (Å²) < 4.78 is 3.30. The lowest BCUT2D eigenvalue weighted by molar-refractivity contribution is -0.129. The van der Waals surface area contributed by atoms with Crippen molar-refractivity contribution >= 4 is 41.2 Å². The number of benzene rings is 1. The Labute approximate surface area is 143 Å². The third-order valence-electron chi connectivity index (χ3n) is 3.57. The molecule has 1 aliphatic heterocycles. The summed E-state index contributed by atoms with van der Waals surface area (Å²) in [7, 11) is 0. The predicted octanol–water partition coefficient (Wildman–Crippen LogP) is 3.77. The van der Waals surface area contributed by atoms with Gasteiger partial charge in [-0.2, -0.15) is 0 Å². The maximum absolute atomic E-state index is 12.4. The molecule has 1 fully saturated rings. The van der Waals surface area contributed by atoms with Gasteiger partial charge in [-0.3, -0.25) is 4.79 Å². The van der Waals surface area contributed by atoms with Crippen molar-refractivity contribution in [3.63, 3.8) is 0 Å². The highest BCUT2D eigenvalue weighted by molar-refractivity contribution is 8.02. The molecule has 22 heavy (non-hydrogen) atoms. The second kappa shape index (κ2) is 6.93. The lowest BCUT2D eigenvalue weighted by Gasteiger charge is -2.18. The highest BCUT2D eigenvalue weighted by Gasteiger charge is 2.25. The molecule has 0 aliphatic carbocycles.